The molecule has 1 amide bonds. The maximum absolute atomic E-state index is 12.4. The summed E-state index contributed by atoms with van der Waals surface area (Å²) in [6, 6.07) is 7.23. The maximum atomic E-state index is 12.4. The summed E-state index contributed by atoms with van der Waals surface area (Å²) >= 11 is 0. The third-order valence-electron chi connectivity index (χ3n) is 2.79. The van der Waals surface area contributed by atoms with Crippen molar-refractivity contribution in [3.8, 4) is 5.75 Å². The summed E-state index contributed by atoms with van der Waals surface area (Å²) < 4.78 is 5.06. The standard InChI is InChI=1S/C14H13NO5/c1-9-12(6-7-20-9)14(19)15(8-13(17)18)10-2-4-11(16)5-3-10/h2-7,16H,8H2,1H3,(H,17,18). The molecule has 0 spiro atoms. The fraction of sp³-hybridized carbons (Fsp3) is 0.143. The van der Waals surface area contributed by atoms with Crippen LogP contribution >= 0.6 is 0 Å². The van der Waals surface area contributed by atoms with Gasteiger partial charge >= 0.3 is 5.97 Å². The van der Waals surface area contributed by atoms with Crippen LogP contribution in [0.1, 0.15) is 16.1 Å². The first-order valence-corrected chi connectivity index (χ1v) is 5.86. The molecule has 0 fully saturated rings. The minimum absolute atomic E-state index is 0.0379. The van der Waals surface area contributed by atoms with E-state index in [1.165, 1.54) is 36.6 Å². The van der Waals surface area contributed by atoms with Crippen molar-refractivity contribution < 1.29 is 24.2 Å². The van der Waals surface area contributed by atoms with Gasteiger partial charge in [-0.2, -0.15) is 0 Å². The van der Waals surface area contributed by atoms with Crippen molar-refractivity contribution in [3.05, 3.63) is 47.9 Å². The predicted octanol–water partition coefficient (Wildman–Crippen LogP) is 2.03. The second-order valence-electron chi connectivity index (χ2n) is 4.19. The molecule has 0 saturated heterocycles. The van der Waals surface area contributed by atoms with Crippen LogP contribution in [-0.4, -0.2) is 28.6 Å². The van der Waals surface area contributed by atoms with Crippen LogP contribution in [0.25, 0.3) is 0 Å². The Morgan fingerprint density at radius 1 is 1.20 bits per heavy atom. The van der Waals surface area contributed by atoms with E-state index < -0.39 is 18.4 Å². The number of rotatable bonds is 4. The van der Waals surface area contributed by atoms with Gasteiger partial charge in [0.2, 0.25) is 0 Å². The first-order valence-electron chi connectivity index (χ1n) is 5.86. The minimum atomic E-state index is -1.13. The van der Waals surface area contributed by atoms with Crippen LogP contribution in [0.2, 0.25) is 0 Å². The predicted molar refractivity (Wildman–Crippen MR) is 70.9 cm³/mol. The number of aromatic hydroxyl groups is 1. The van der Waals surface area contributed by atoms with Crippen molar-refractivity contribution in [3.63, 3.8) is 0 Å². The smallest absolute Gasteiger partial charge is 0.323 e. The normalized spacial score (nSPS) is 10.2. The average Bonchev–Trinajstić information content (AvgIpc) is 2.82. The number of aliphatic carboxylic acids is 1. The van der Waals surface area contributed by atoms with Crippen LogP contribution in [0.4, 0.5) is 5.69 Å². The number of amides is 1. The Bertz CT molecular complexity index is 629. The van der Waals surface area contributed by atoms with E-state index in [-0.39, 0.29) is 5.75 Å². The number of carbonyl (C=O) groups is 2. The van der Waals surface area contributed by atoms with Crippen LogP contribution in [0, 0.1) is 6.92 Å². The van der Waals surface area contributed by atoms with Gasteiger partial charge in [0, 0.05) is 5.69 Å². The Labute approximate surface area is 114 Å². The summed E-state index contributed by atoms with van der Waals surface area (Å²) in [7, 11) is 0. The highest BCUT2D eigenvalue weighted by atomic mass is 16.4. The third kappa shape index (κ3) is 2.80. The second-order valence-corrected chi connectivity index (χ2v) is 4.19. The summed E-state index contributed by atoms with van der Waals surface area (Å²) in [5.74, 6) is -1.14. The number of anilines is 1. The van der Waals surface area contributed by atoms with E-state index in [1.54, 1.807) is 6.92 Å². The molecule has 0 aliphatic rings. The quantitative estimate of drug-likeness (QED) is 0.890. The molecule has 0 aliphatic carbocycles. The first-order chi connectivity index (χ1) is 9.49. The lowest BCUT2D eigenvalue weighted by Gasteiger charge is -2.20. The minimum Gasteiger partial charge on any atom is -0.508 e. The van der Waals surface area contributed by atoms with Gasteiger partial charge in [-0.1, -0.05) is 0 Å². The molecule has 1 heterocycles. The number of benzene rings is 1. The summed E-state index contributed by atoms with van der Waals surface area (Å²) in [4.78, 5) is 24.4. The third-order valence-corrected chi connectivity index (χ3v) is 2.79. The molecular weight excluding hydrogens is 262 g/mol. The number of phenolic OH excluding ortho intramolecular Hbond substituents is 1. The lowest BCUT2D eigenvalue weighted by atomic mass is 10.2. The van der Waals surface area contributed by atoms with Crippen molar-refractivity contribution >= 4 is 17.6 Å². The van der Waals surface area contributed by atoms with Gasteiger partial charge in [-0.05, 0) is 37.3 Å². The Hall–Kier alpha value is -2.76. The number of phenols is 1. The van der Waals surface area contributed by atoms with Crippen LogP contribution in [0.3, 0.4) is 0 Å². The van der Waals surface area contributed by atoms with Gasteiger partial charge in [0.1, 0.15) is 18.1 Å². The molecule has 0 unspecified atom stereocenters. The Balaban J connectivity index is 2.37. The number of furan rings is 1. The van der Waals surface area contributed by atoms with E-state index >= 15 is 0 Å². The molecule has 1 aromatic heterocycles. The molecular formula is C14H13NO5. The van der Waals surface area contributed by atoms with Crippen LogP contribution in [0.15, 0.2) is 41.0 Å². The molecule has 2 N–H and O–H groups in total. The monoisotopic (exact) mass is 275 g/mol. The van der Waals surface area contributed by atoms with Gasteiger partial charge in [0.25, 0.3) is 5.91 Å². The maximum Gasteiger partial charge on any atom is 0.323 e. The molecule has 0 aliphatic heterocycles. The number of nitrogens with zero attached hydrogens (tertiary/aromatic N) is 1. The molecule has 6 heteroatoms. The largest absolute Gasteiger partial charge is 0.508 e. The first kappa shape index (κ1) is 13.7. The van der Waals surface area contributed by atoms with E-state index in [9.17, 15) is 14.7 Å². The molecule has 2 aromatic rings. The van der Waals surface area contributed by atoms with E-state index in [1.807, 2.05) is 0 Å². The number of carbonyl (C=O) groups excluding carboxylic acids is 1. The van der Waals surface area contributed by atoms with Crippen molar-refractivity contribution in [1.29, 1.82) is 0 Å². The van der Waals surface area contributed by atoms with E-state index in [2.05, 4.69) is 0 Å². The highest BCUT2D eigenvalue weighted by molar-refractivity contribution is 6.08. The van der Waals surface area contributed by atoms with Gasteiger partial charge in [0.15, 0.2) is 0 Å². The van der Waals surface area contributed by atoms with Gasteiger partial charge in [-0.15, -0.1) is 0 Å². The topological polar surface area (TPSA) is 91.0 Å². The SMILES string of the molecule is Cc1occc1C(=O)N(CC(=O)O)c1ccc(O)cc1. The van der Waals surface area contributed by atoms with Crippen molar-refractivity contribution in [2.75, 3.05) is 11.4 Å². The summed E-state index contributed by atoms with van der Waals surface area (Å²) in [5, 5.41) is 18.2. The molecule has 0 saturated carbocycles. The summed E-state index contributed by atoms with van der Waals surface area (Å²) in [6.07, 6.45) is 1.37. The zero-order valence-electron chi connectivity index (χ0n) is 10.7. The average molecular weight is 275 g/mol. The highest BCUT2D eigenvalue weighted by Gasteiger charge is 2.23. The molecule has 0 bridgehead atoms. The van der Waals surface area contributed by atoms with Crippen LogP contribution in [0.5, 0.6) is 5.75 Å². The van der Waals surface area contributed by atoms with E-state index in [0.717, 1.165) is 4.90 Å². The summed E-state index contributed by atoms with van der Waals surface area (Å²) in [5.41, 5.74) is 0.690. The zero-order chi connectivity index (χ0) is 14.7. The van der Waals surface area contributed by atoms with Crippen LogP contribution in [-0.2, 0) is 4.79 Å². The fourth-order valence-electron chi connectivity index (χ4n) is 1.80. The van der Waals surface area contributed by atoms with Crippen molar-refractivity contribution in [2.24, 2.45) is 0 Å². The Kier molecular flexibility index (Phi) is 3.74. The van der Waals surface area contributed by atoms with Gasteiger partial charge in [-0.3, -0.25) is 14.5 Å². The molecule has 1 aromatic carbocycles. The number of carboxylic acids is 1. The van der Waals surface area contributed by atoms with Crippen molar-refractivity contribution in [2.45, 2.75) is 6.92 Å². The molecule has 104 valence electrons. The molecule has 2 rings (SSSR count). The second kappa shape index (κ2) is 5.48. The zero-order valence-corrected chi connectivity index (χ0v) is 10.7. The van der Waals surface area contributed by atoms with Crippen LogP contribution < -0.4 is 4.90 Å². The number of hydrogen-bond donors (Lipinski definition) is 2. The highest BCUT2D eigenvalue weighted by Crippen LogP contribution is 2.21. The molecule has 0 radical (unpaired) electrons. The van der Waals surface area contributed by atoms with Gasteiger partial charge in [0.05, 0.1) is 11.8 Å². The van der Waals surface area contributed by atoms with Gasteiger partial charge in [-0.25, -0.2) is 0 Å². The lowest BCUT2D eigenvalue weighted by Crippen LogP contribution is -2.35. The molecule has 6 nitrogen and oxygen atoms in total. The Morgan fingerprint density at radius 3 is 2.35 bits per heavy atom. The number of hydrogen-bond acceptors (Lipinski definition) is 4. The van der Waals surface area contributed by atoms with Crippen molar-refractivity contribution in [1.82, 2.24) is 0 Å². The fourth-order valence-corrected chi connectivity index (χ4v) is 1.80. The molecule has 20 heavy (non-hydrogen) atoms. The molecule has 0 atom stereocenters. The van der Waals surface area contributed by atoms with E-state index in [4.69, 9.17) is 9.52 Å². The number of carboxylic acid groups (broad SMARTS) is 1. The van der Waals surface area contributed by atoms with E-state index in [0.29, 0.717) is 17.0 Å². The summed E-state index contributed by atoms with van der Waals surface area (Å²) in [6.45, 7) is 1.15. The number of aryl methyl sites for hydroxylation is 1. The van der Waals surface area contributed by atoms with Gasteiger partial charge < -0.3 is 14.6 Å². The Morgan fingerprint density at radius 2 is 1.85 bits per heavy atom. The lowest BCUT2D eigenvalue weighted by molar-refractivity contribution is -0.135.